The summed E-state index contributed by atoms with van der Waals surface area (Å²) in [6, 6.07) is 28.2. The molecule has 0 aromatic heterocycles. The molecule has 0 saturated heterocycles. The third-order valence-corrected chi connectivity index (χ3v) is 9.97. The second-order valence-electron chi connectivity index (χ2n) is 10.9. The molecule has 0 radical (unpaired) electrons. The summed E-state index contributed by atoms with van der Waals surface area (Å²) in [6.45, 7) is 5.29. The van der Waals surface area contributed by atoms with Gasteiger partial charge in [0, 0.05) is 24.0 Å². The van der Waals surface area contributed by atoms with E-state index >= 15 is 0 Å². The molecule has 1 N–H and O–H groups in total. The predicted octanol–water partition coefficient (Wildman–Crippen LogP) is 7.05. The fourth-order valence-electron chi connectivity index (χ4n) is 4.88. The number of hydrogen-bond acceptors (Lipinski definition) is 4. The molecular weight excluding hydrogens is 629 g/mol. The van der Waals surface area contributed by atoms with Crippen molar-refractivity contribution >= 4 is 50.7 Å². The van der Waals surface area contributed by atoms with Gasteiger partial charge in [0.1, 0.15) is 12.6 Å². The van der Waals surface area contributed by atoms with Gasteiger partial charge < -0.3 is 10.2 Å². The lowest BCUT2D eigenvalue weighted by Crippen LogP contribution is -2.54. The Morgan fingerprint density at radius 2 is 1.49 bits per heavy atom. The highest BCUT2D eigenvalue weighted by atomic mass is 35.5. The SMILES string of the molecule is CCC(C)NC(=O)C(Cc1ccccc1)N(Cc1ccccc1C)C(=O)CN(c1ccc(Cl)cc1Cl)S(=O)(=O)c1ccccc1. The summed E-state index contributed by atoms with van der Waals surface area (Å²) in [5.74, 6) is -0.888. The first-order valence-electron chi connectivity index (χ1n) is 14.7. The maximum Gasteiger partial charge on any atom is 0.264 e. The second kappa shape index (κ2) is 15.4. The zero-order valence-corrected chi connectivity index (χ0v) is 27.8. The van der Waals surface area contributed by atoms with Crippen LogP contribution in [0.3, 0.4) is 0 Å². The Kier molecular flexibility index (Phi) is 11.7. The van der Waals surface area contributed by atoms with Crippen molar-refractivity contribution in [3.8, 4) is 0 Å². The smallest absolute Gasteiger partial charge is 0.264 e. The number of sulfonamides is 1. The molecule has 2 unspecified atom stereocenters. The van der Waals surface area contributed by atoms with Crippen LogP contribution in [0.25, 0.3) is 0 Å². The summed E-state index contributed by atoms with van der Waals surface area (Å²) in [6.07, 6.45) is 0.932. The van der Waals surface area contributed by atoms with Crippen LogP contribution in [0.4, 0.5) is 5.69 Å². The average molecular weight is 667 g/mol. The predicted molar refractivity (Wildman–Crippen MR) is 181 cm³/mol. The van der Waals surface area contributed by atoms with Crippen LogP contribution in [0.2, 0.25) is 10.0 Å². The molecular formula is C35H37Cl2N3O4S. The number of carbonyl (C=O) groups is 2. The molecule has 4 rings (SSSR count). The maximum atomic E-state index is 14.6. The molecule has 0 saturated carbocycles. The Balaban J connectivity index is 1.83. The Morgan fingerprint density at radius 3 is 2.11 bits per heavy atom. The first-order valence-corrected chi connectivity index (χ1v) is 16.9. The number of nitrogens with one attached hydrogen (secondary N) is 1. The number of rotatable bonds is 13. The van der Waals surface area contributed by atoms with Crippen molar-refractivity contribution in [3.05, 3.63) is 130 Å². The second-order valence-corrected chi connectivity index (χ2v) is 13.6. The first-order chi connectivity index (χ1) is 21.5. The molecule has 236 valence electrons. The number of nitrogens with zero attached hydrogens (tertiary/aromatic N) is 2. The molecule has 0 fully saturated rings. The molecule has 0 aliphatic heterocycles. The molecule has 10 heteroatoms. The zero-order chi connectivity index (χ0) is 32.6. The van der Waals surface area contributed by atoms with E-state index in [1.807, 2.05) is 75.4 Å². The van der Waals surface area contributed by atoms with E-state index in [1.54, 1.807) is 18.2 Å². The topological polar surface area (TPSA) is 86.8 Å². The number of amides is 2. The van der Waals surface area contributed by atoms with Crippen molar-refractivity contribution in [2.24, 2.45) is 0 Å². The molecule has 7 nitrogen and oxygen atoms in total. The van der Waals surface area contributed by atoms with Gasteiger partial charge in [-0.05, 0) is 67.3 Å². The van der Waals surface area contributed by atoms with Gasteiger partial charge in [-0.2, -0.15) is 0 Å². The van der Waals surface area contributed by atoms with E-state index < -0.39 is 28.5 Å². The fourth-order valence-corrected chi connectivity index (χ4v) is 6.90. The third kappa shape index (κ3) is 8.66. The van der Waals surface area contributed by atoms with E-state index in [1.165, 1.54) is 35.2 Å². The van der Waals surface area contributed by atoms with Gasteiger partial charge in [-0.3, -0.25) is 13.9 Å². The van der Waals surface area contributed by atoms with Gasteiger partial charge in [-0.25, -0.2) is 8.42 Å². The summed E-state index contributed by atoms with van der Waals surface area (Å²) < 4.78 is 29.2. The third-order valence-electron chi connectivity index (χ3n) is 7.66. The van der Waals surface area contributed by atoms with Crippen molar-refractivity contribution in [2.75, 3.05) is 10.8 Å². The van der Waals surface area contributed by atoms with E-state index in [0.29, 0.717) is 11.4 Å². The van der Waals surface area contributed by atoms with E-state index in [-0.39, 0.29) is 40.5 Å². The summed E-state index contributed by atoms with van der Waals surface area (Å²) >= 11 is 12.7. The highest BCUT2D eigenvalue weighted by molar-refractivity contribution is 7.92. The Labute approximate surface area is 275 Å². The van der Waals surface area contributed by atoms with Gasteiger partial charge in [-0.15, -0.1) is 0 Å². The van der Waals surface area contributed by atoms with Crippen molar-refractivity contribution in [1.82, 2.24) is 10.2 Å². The summed E-state index contributed by atoms with van der Waals surface area (Å²) in [5, 5.41) is 3.42. The van der Waals surface area contributed by atoms with Gasteiger partial charge in [0.2, 0.25) is 11.8 Å². The number of aryl methyl sites for hydroxylation is 1. The minimum Gasteiger partial charge on any atom is -0.352 e. The van der Waals surface area contributed by atoms with Crippen molar-refractivity contribution < 1.29 is 18.0 Å². The molecule has 4 aromatic rings. The summed E-state index contributed by atoms with van der Waals surface area (Å²) in [4.78, 5) is 30.0. The van der Waals surface area contributed by atoms with E-state index in [2.05, 4.69) is 5.32 Å². The van der Waals surface area contributed by atoms with Crippen molar-refractivity contribution in [3.63, 3.8) is 0 Å². The molecule has 2 amide bonds. The molecule has 0 aliphatic rings. The lowest BCUT2D eigenvalue weighted by atomic mass is 10.0. The van der Waals surface area contributed by atoms with E-state index in [4.69, 9.17) is 23.2 Å². The van der Waals surface area contributed by atoms with Gasteiger partial charge >= 0.3 is 0 Å². The lowest BCUT2D eigenvalue weighted by molar-refractivity contribution is -0.140. The molecule has 0 heterocycles. The molecule has 4 aromatic carbocycles. The van der Waals surface area contributed by atoms with E-state index in [0.717, 1.165) is 21.0 Å². The van der Waals surface area contributed by atoms with Crippen LogP contribution in [0.15, 0.2) is 108 Å². The quantitative estimate of drug-likeness (QED) is 0.166. The minimum atomic E-state index is -4.27. The number of benzene rings is 4. The number of hydrogen-bond donors (Lipinski definition) is 1. The van der Waals surface area contributed by atoms with Gasteiger partial charge in [0.15, 0.2) is 0 Å². The molecule has 0 spiro atoms. The fraction of sp³-hybridized carbons (Fsp3) is 0.257. The highest BCUT2D eigenvalue weighted by Gasteiger charge is 2.35. The van der Waals surface area contributed by atoms with Crippen molar-refractivity contribution in [2.45, 2.75) is 57.1 Å². The average Bonchev–Trinajstić information content (AvgIpc) is 3.03. The number of anilines is 1. The Hall–Kier alpha value is -3.85. The van der Waals surface area contributed by atoms with Crippen LogP contribution in [-0.4, -0.2) is 43.8 Å². The summed E-state index contributed by atoms with van der Waals surface area (Å²) in [5.41, 5.74) is 2.73. The molecule has 0 aliphatic carbocycles. The Morgan fingerprint density at radius 1 is 0.867 bits per heavy atom. The highest BCUT2D eigenvalue weighted by Crippen LogP contribution is 2.33. The Bertz CT molecular complexity index is 1720. The number of halogens is 2. The minimum absolute atomic E-state index is 0.00961. The van der Waals surface area contributed by atoms with Gasteiger partial charge in [-0.1, -0.05) is 103 Å². The van der Waals surface area contributed by atoms with Gasteiger partial charge in [0.05, 0.1) is 15.6 Å². The van der Waals surface area contributed by atoms with Crippen LogP contribution >= 0.6 is 23.2 Å². The van der Waals surface area contributed by atoms with Gasteiger partial charge in [0.25, 0.3) is 10.0 Å². The standard InChI is InChI=1S/C35H37Cl2N3O4S/c1-4-26(3)38-35(42)33(21-27-14-7-5-8-15-27)39(23-28-16-12-11-13-25(28)2)34(41)24-40(32-20-19-29(36)22-31(32)37)45(43,44)30-17-9-6-10-18-30/h5-20,22,26,33H,4,21,23-24H2,1-3H3,(H,38,42). The zero-order valence-electron chi connectivity index (χ0n) is 25.5. The van der Waals surface area contributed by atoms with Crippen LogP contribution < -0.4 is 9.62 Å². The molecule has 0 bridgehead atoms. The maximum absolute atomic E-state index is 14.6. The van der Waals surface area contributed by atoms with Crippen LogP contribution in [-0.2, 0) is 32.6 Å². The summed E-state index contributed by atoms with van der Waals surface area (Å²) in [7, 11) is -4.27. The largest absolute Gasteiger partial charge is 0.352 e. The van der Waals surface area contributed by atoms with Crippen LogP contribution in [0.1, 0.15) is 37.0 Å². The van der Waals surface area contributed by atoms with Crippen LogP contribution in [0, 0.1) is 6.92 Å². The van der Waals surface area contributed by atoms with E-state index in [9.17, 15) is 18.0 Å². The van der Waals surface area contributed by atoms with Crippen molar-refractivity contribution in [1.29, 1.82) is 0 Å². The normalized spacial score (nSPS) is 12.6. The van der Waals surface area contributed by atoms with Crippen LogP contribution in [0.5, 0.6) is 0 Å². The number of carbonyl (C=O) groups excluding carboxylic acids is 2. The first kappa shape index (κ1) is 34.0. The molecule has 2 atom stereocenters. The lowest BCUT2D eigenvalue weighted by Gasteiger charge is -2.34. The molecule has 45 heavy (non-hydrogen) atoms. The monoisotopic (exact) mass is 665 g/mol.